The predicted molar refractivity (Wildman–Crippen MR) is 139 cm³/mol. The molecule has 1 N–H and O–H groups in total. The van der Waals surface area contributed by atoms with E-state index in [4.69, 9.17) is 24.6 Å². The zero-order valence-corrected chi connectivity index (χ0v) is 31.6. The zero-order chi connectivity index (χ0) is 31.0. The maximum atomic E-state index is 11.9. The molecule has 0 amide bonds. The van der Waals surface area contributed by atoms with Crippen LogP contribution in [-0.2, 0) is 14.4 Å². The Morgan fingerprint density at radius 2 is 1.40 bits per heavy atom. The smallest absolute Gasteiger partial charge is 1.00 e. The Balaban J connectivity index is -0.000000169. The molecule has 0 saturated carbocycles. The number of hydrogen-bond acceptors (Lipinski definition) is 8. The molecule has 228 valence electrons. The number of benzene rings is 2. The number of alkyl halides is 7. The van der Waals surface area contributed by atoms with Crippen LogP contribution in [0.4, 0.5) is 26.3 Å². The van der Waals surface area contributed by atoms with Crippen LogP contribution in [0.5, 0.6) is 11.5 Å². The molecule has 0 saturated heterocycles. The fourth-order valence-electron chi connectivity index (χ4n) is 2.18. The Hall–Kier alpha value is 0.193. The normalized spacial score (nSPS) is 9.74. The summed E-state index contributed by atoms with van der Waals surface area (Å²) in [4.78, 5) is 32.6. The predicted octanol–water partition coefficient (Wildman–Crippen LogP) is 0.108. The molecular formula is C25H29F6IK2O8. The van der Waals surface area contributed by atoms with Crippen molar-refractivity contribution in [3.63, 3.8) is 0 Å². The number of esters is 1. The molecule has 2 aromatic carbocycles. The standard InChI is InChI=1S/C13H15F3O3.C7H6O2.C4H6F3I.CH2O3.2K.H/c1-2-18-12(17)10-4-6-11(7-5-10)19-9-3-8-13(14,15)16;8-5-6-1-3-7(9)4-2-6;5-4(6,7)2-1-3-8;2-1-4-3;;;/h4-7H,2-3,8-9H2,1H3;1-5,9H;1-3H2;1,3H;;;/q;;;;2*+1;-1/p-1. The van der Waals surface area contributed by atoms with Gasteiger partial charge >= 0.3 is 121 Å². The molecule has 0 aliphatic rings. The Kier molecular flexibility index (Phi) is 34.9. The summed E-state index contributed by atoms with van der Waals surface area (Å²) in [5.41, 5.74) is 0.956. The van der Waals surface area contributed by atoms with E-state index in [1.165, 1.54) is 36.4 Å². The van der Waals surface area contributed by atoms with Crippen molar-refractivity contribution in [2.75, 3.05) is 17.6 Å². The molecule has 42 heavy (non-hydrogen) atoms. The third-order valence-corrected chi connectivity index (χ3v) is 4.66. The van der Waals surface area contributed by atoms with Crippen LogP contribution in [-0.4, -0.2) is 53.8 Å². The van der Waals surface area contributed by atoms with Gasteiger partial charge in [0.05, 0.1) is 18.8 Å². The Morgan fingerprint density at radius 1 is 0.929 bits per heavy atom. The van der Waals surface area contributed by atoms with Crippen molar-refractivity contribution in [3.8, 4) is 11.5 Å². The van der Waals surface area contributed by atoms with E-state index in [2.05, 4.69) is 4.89 Å². The SMILES string of the molecule is CCOC(=O)c1ccc(OCCCC(F)(F)F)cc1.FC(F)(F)CCCI.O=CO[O-].O=Cc1ccc(O)cc1.[H-].[K+].[K+]. The Bertz CT molecular complexity index is 955. The van der Waals surface area contributed by atoms with Gasteiger partial charge < -0.3 is 26.2 Å². The van der Waals surface area contributed by atoms with Gasteiger partial charge in [0.15, 0.2) is 0 Å². The number of rotatable bonds is 10. The first-order valence-electron chi connectivity index (χ1n) is 11.3. The van der Waals surface area contributed by atoms with Crippen LogP contribution in [0.15, 0.2) is 48.5 Å². The molecule has 0 aliphatic carbocycles. The van der Waals surface area contributed by atoms with E-state index in [0.29, 0.717) is 21.3 Å². The first-order valence-corrected chi connectivity index (χ1v) is 12.8. The third kappa shape index (κ3) is 33.1. The topological polar surface area (TPSA) is 122 Å². The van der Waals surface area contributed by atoms with E-state index in [0.717, 1.165) is 6.29 Å². The summed E-state index contributed by atoms with van der Waals surface area (Å²) in [7, 11) is 0. The Labute approximate surface area is 339 Å². The van der Waals surface area contributed by atoms with Gasteiger partial charge in [-0.05, 0) is 72.7 Å². The van der Waals surface area contributed by atoms with Gasteiger partial charge in [0, 0.05) is 18.4 Å². The molecule has 0 atom stereocenters. The molecule has 0 aromatic heterocycles. The summed E-state index contributed by atoms with van der Waals surface area (Å²) >= 11 is 1.93. The van der Waals surface area contributed by atoms with Gasteiger partial charge in [0.25, 0.3) is 6.47 Å². The van der Waals surface area contributed by atoms with Gasteiger partial charge in [-0.25, -0.2) is 4.79 Å². The summed E-state index contributed by atoms with van der Waals surface area (Å²) in [6.07, 6.45) is -8.74. The van der Waals surface area contributed by atoms with E-state index >= 15 is 0 Å². The number of carbonyl (C=O) groups is 3. The molecule has 8 nitrogen and oxygen atoms in total. The summed E-state index contributed by atoms with van der Waals surface area (Å²) in [6, 6.07) is 12.1. The summed E-state index contributed by atoms with van der Waals surface area (Å²) < 4.78 is 79.9. The van der Waals surface area contributed by atoms with Crippen molar-refractivity contribution < 1.29 is 170 Å². The number of phenolic OH excluding ortho intramolecular Hbond substituents is 1. The van der Waals surface area contributed by atoms with Crippen molar-refractivity contribution in [2.24, 2.45) is 0 Å². The quantitative estimate of drug-likeness (QED) is 0.0416. The number of aromatic hydroxyl groups is 1. The van der Waals surface area contributed by atoms with E-state index in [1.807, 2.05) is 22.6 Å². The minimum Gasteiger partial charge on any atom is -1.00 e. The molecule has 0 aliphatic heterocycles. The number of carbonyl (C=O) groups excluding carboxylic acids is 3. The van der Waals surface area contributed by atoms with Crippen LogP contribution in [0, 0.1) is 0 Å². The van der Waals surface area contributed by atoms with Gasteiger partial charge in [-0.3, -0.25) is 9.59 Å². The molecule has 0 spiro atoms. The molecular weight excluding hydrogens is 747 g/mol. The second-order valence-corrected chi connectivity index (χ2v) is 8.20. The van der Waals surface area contributed by atoms with Crippen LogP contribution < -0.4 is 113 Å². The fraction of sp³-hybridized carbons (Fsp3) is 0.400. The average Bonchev–Trinajstić information content (AvgIpc) is 2.91. The molecule has 0 unspecified atom stereocenters. The van der Waals surface area contributed by atoms with E-state index in [-0.39, 0.29) is 142 Å². The summed E-state index contributed by atoms with van der Waals surface area (Å²) in [6.45, 7) is 1.79. The molecule has 0 bridgehead atoms. The molecule has 2 aromatic rings. The first kappa shape index (κ1) is 49.1. The van der Waals surface area contributed by atoms with E-state index < -0.39 is 31.2 Å². The number of phenols is 1. The van der Waals surface area contributed by atoms with Crippen molar-refractivity contribution in [1.29, 1.82) is 0 Å². The summed E-state index contributed by atoms with van der Waals surface area (Å²) in [5.74, 6) is 0.168. The van der Waals surface area contributed by atoms with Crippen LogP contribution in [0.1, 0.15) is 54.7 Å². The summed E-state index contributed by atoms with van der Waals surface area (Å²) in [5, 5.41) is 17.2. The molecule has 0 fully saturated rings. The van der Waals surface area contributed by atoms with Crippen LogP contribution >= 0.6 is 22.6 Å². The minimum atomic E-state index is -4.16. The van der Waals surface area contributed by atoms with Gasteiger partial charge in [-0.1, -0.05) is 22.6 Å². The molecule has 17 heteroatoms. The van der Waals surface area contributed by atoms with Crippen molar-refractivity contribution >= 4 is 41.3 Å². The number of hydrogen-bond donors (Lipinski definition) is 1. The second-order valence-electron chi connectivity index (χ2n) is 7.12. The molecule has 0 heterocycles. The van der Waals surface area contributed by atoms with E-state index in [1.54, 1.807) is 19.1 Å². The van der Waals surface area contributed by atoms with E-state index in [9.17, 15) is 35.9 Å². The van der Waals surface area contributed by atoms with Crippen molar-refractivity contribution in [2.45, 2.75) is 45.0 Å². The van der Waals surface area contributed by atoms with Crippen LogP contribution in [0.3, 0.4) is 0 Å². The monoisotopic (exact) mass is 776 g/mol. The maximum absolute atomic E-state index is 11.9. The fourth-order valence-corrected chi connectivity index (χ4v) is 2.57. The zero-order valence-electron chi connectivity index (χ0n) is 24.2. The largest absolute Gasteiger partial charge is 1.00 e. The molecule has 2 rings (SSSR count). The van der Waals surface area contributed by atoms with Gasteiger partial charge in [0.1, 0.15) is 17.8 Å². The van der Waals surface area contributed by atoms with Gasteiger partial charge in [-0.15, -0.1) is 0 Å². The van der Waals surface area contributed by atoms with Crippen molar-refractivity contribution in [3.05, 3.63) is 59.7 Å². The third-order valence-electron chi connectivity index (χ3n) is 3.90. The average molecular weight is 777 g/mol. The second kappa shape index (κ2) is 29.9. The first-order chi connectivity index (χ1) is 18.7. The number of ether oxygens (including phenoxy) is 2. The van der Waals surface area contributed by atoms with Gasteiger partial charge in [-0.2, -0.15) is 26.3 Å². The number of aldehydes is 1. The van der Waals surface area contributed by atoms with Gasteiger partial charge in [0.2, 0.25) is 0 Å². The molecule has 0 radical (unpaired) electrons. The number of halogens is 7. The maximum Gasteiger partial charge on any atom is 1.00 e. The minimum absolute atomic E-state index is 0. The van der Waals surface area contributed by atoms with Crippen molar-refractivity contribution in [1.82, 2.24) is 0 Å². The van der Waals surface area contributed by atoms with Crippen LogP contribution in [0.2, 0.25) is 0 Å². The van der Waals surface area contributed by atoms with Crippen LogP contribution in [0.25, 0.3) is 0 Å². The Morgan fingerprint density at radius 3 is 1.76 bits per heavy atom.